The van der Waals surface area contributed by atoms with Gasteiger partial charge in [0.05, 0.1) is 12.4 Å². The summed E-state index contributed by atoms with van der Waals surface area (Å²) in [5.41, 5.74) is 1.15. The normalized spacial score (nSPS) is 10.2. The second kappa shape index (κ2) is 4.92. The molecule has 0 radical (unpaired) electrons. The second-order valence-corrected chi connectivity index (χ2v) is 4.33. The summed E-state index contributed by atoms with van der Waals surface area (Å²) in [7, 11) is 1.89. The van der Waals surface area contributed by atoms with Gasteiger partial charge in [-0.1, -0.05) is 0 Å². The Balaban J connectivity index is 2.09. The highest BCUT2D eigenvalue weighted by molar-refractivity contribution is 7.07. The summed E-state index contributed by atoms with van der Waals surface area (Å²) in [6.45, 7) is 0.727. The van der Waals surface area contributed by atoms with Crippen LogP contribution in [-0.2, 0) is 6.54 Å². The molecule has 0 aromatic carbocycles. The van der Waals surface area contributed by atoms with Gasteiger partial charge in [0.2, 0.25) is 0 Å². The minimum Gasteiger partial charge on any atom is -0.476 e. The molecule has 17 heavy (non-hydrogen) atoms. The van der Waals surface area contributed by atoms with Crippen LogP contribution in [0.4, 0.5) is 5.82 Å². The fourth-order valence-corrected chi connectivity index (χ4v) is 2.03. The van der Waals surface area contributed by atoms with E-state index in [1.165, 1.54) is 18.0 Å². The summed E-state index contributed by atoms with van der Waals surface area (Å²) in [5.74, 6) is -0.411. The Bertz CT molecular complexity index is 496. The highest BCUT2D eigenvalue weighted by Gasteiger charge is 2.08. The van der Waals surface area contributed by atoms with Crippen molar-refractivity contribution in [2.75, 3.05) is 11.9 Å². The van der Waals surface area contributed by atoms with Crippen LogP contribution in [0.5, 0.6) is 0 Å². The first-order valence-electron chi connectivity index (χ1n) is 4.94. The van der Waals surface area contributed by atoms with Crippen LogP contribution in [0.3, 0.4) is 0 Å². The maximum absolute atomic E-state index is 10.6. The zero-order valence-corrected chi connectivity index (χ0v) is 10.0. The molecule has 1 N–H and O–H groups in total. The van der Waals surface area contributed by atoms with Gasteiger partial charge in [0.15, 0.2) is 5.69 Å². The molecule has 88 valence electrons. The van der Waals surface area contributed by atoms with Gasteiger partial charge in [0.1, 0.15) is 5.82 Å². The Kier molecular flexibility index (Phi) is 3.34. The molecular weight excluding hydrogens is 238 g/mol. The van der Waals surface area contributed by atoms with Gasteiger partial charge >= 0.3 is 5.97 Å². The van der Waals surface area contributed by atoms with Crippen molar-refractivity contribution < 1.29 is 9.90 Å². The van der Waals surface area contributed by atoms with E-state index in [9.17, 15) is 4.79 Å². The molecule has 0 fully saturated rings. The molecular formula is C11H11N3O2S. The smallest absolute Gasteiger partial charge is 0.356 e. The van der Waals surface area contributed by atoms with Gasteiger partial charge in [0, 0.05) is 13.6 Å². The first-order valence-corrected chi connectivity index (χ1v) is 5.88. The number of hydrogen-bond donors (Lipinski definition) is 1. The molecule has 0 saturated carbocycles. The molecule has 0 atom stereocenters. The SMILES string of the molecule is CN(Cc1ccsc1)c1cnc(C(=O)O)cn1. The van der Waals surface area contributed by atoms with Crippen LogP contribution in [0.15, 0.2) is 29.2 Å². The lowest BCUT2D eigenvalue weighted by atomic mass is 10.3. The summed E-state index contributed by atoms with van der Waals surface area (Å²) in [6, 6.07) is 2.04. The van der Waals surface area contributed by atoms with Crippen LogP contribution in [0.25, 0.3) is 0 Å². The van der Waals surface area contributed by atoms with Crippen molar-refractivity contribution in [3.63, 3.8) is 0 Å². The Morgan fingerprint density at radius 2 is 2.29 bits per heavy atom. The van der Waals surface area contributed by atoms with Crippen molar-refractivity contribution >= 4 is 23.1 Å². The number of carbonyl (C=O) groups is 1. The molecule has 0 spiro atoms. The Hall–Kier alpha value is -1.95. The van der Waals surface area contributed by atoms with Crippen LogP contribution >= 0.6 is 11.3 Å². The van der Waals surface area contributed by atoms with Crippen LogP contribution in [-0.4, -0.2) is 28.1 Å². The predicted molar refractivity (Wildman–Crippen MR) is 65.4 cm³/mol. The number of rotatable bonds is 4. The summed E-state index contributed by atoms with van der Waals surface area (Å²) in [6.07, 6.45) is 2.73. The second-order valence-electron chi connectivity index (χ2n) is 3.55. The number of thiophene rings is 1. The van der Waals surface area contributed by atoms with E-state index < -0.39 is 5.97 Å². The van der Waals surface area contributed by atoms with Gasteiger partial charge < -0.3 is 10.0 Å². The highest BCUT2D eigenvalue weighted by Crippen LogP contribution is 2.13. The summed E-state index contributed by atoms with van der Waals surface area (Å²) >= 11 is 1.64. The van der Waals surface area contributed by atoms with E-state index in [1.807, 2.05) is 23.4 Å². The van der Waals surface area contributed by atoms with E-state index in [-0.39, 0.29) is 5.69 Å². The molecule has 2 rings (SSSR count). The summed E-state index contributed by atoms with van der Waals surface area (Å²) in [4.78, 5) is 20.4. The molecule has 2 aromatic rings. The van der Waals surface area contributed by atoms with Crippen molar-refractivity contribution in [2.24, 2.45) is 0 Å². The molecule has 0 saturated heterocycles. The predicted octanol–water partition coefficient (Wildman–Crippen LogP) is 1.87. The van der Waals surface area contributed by atoms with Crippen LogP contribution in [0.2, 0.25) is 0 Å². The van der Waals surface area contributed by atoms with E-state index in [0.29, 0.717) is 5.82 Å². The number of hydrogen-bond acceptors (Lipinski definition) is 5. The molecule has 2 heterocycles. The van der Waals surface area contributed by atoms with Gasteiger partial charge in [-0.15, -0.1) is 0 Å². The van der Waals surface area contributed by atoms with Crippen LogP contribution in [0.1, 0.15) is 16.1 Å². The first kappa shape index (κ1) is 11.5. The highest BCUT2D eigenvalue weighted by atomic mass is 32.1. The zero-order valence-electron chi connectivity index (χ0n) is 9.20. The maximum Gasteiger partial charge on any atom is 0.356 e. The van der Waals surface area contributed by atoms with E-state index in [2.05, 4.69) is 15.3 Å². The maximum atomic E-state index is 10.6. The van der Waals surface area contributed by atoms with E-state index in [1.54, 1.807) is 11.3 Å². The van der Waals surface area contributed by atoms with Crippen molar-refractivity contribution in [2.45, 2.75) is 6.54 Å². The van der Waals surface area contributed by atoms with E-state index >= 15 is 0 Å². The number of carboxylic acids is 1. The Morgan fingerprint density at radius 1 is 1.47 bits per heavy atom. The number of aromatic nitrogens is 2. The minimum absolute atomic E-state index is 0.0438. The number of carboxylic acid groups (broad SMARTS) is 1. The lowest BCUT2D eigenvalue weighted by Gasteiger charge is -2.16. The van der Waals surface area contributed by atoms with E-state index in [0.717, 1.165) is 6.54 Å². The molecule has 0 aliphatic heterocycles. The molecule has 0 aliphatic carbocycles. The molecule has 0 bridgehead atoms. The number of aromatic carboxylic acids is 1. The molecule has 5 nitrogen and oxygen atoms in total. The number of anilines is 1. The van der Waals surface area contributed by atoms with Gasteiger partial charge in [-0.05, 0) is 22.4 Å². The van der Waals surface area contributed by atoms with Crippen LogP contribution < -0.4 is 4.90 Å². The van der Waals surface area contributed by atoms with Gasteiger partial charge in [0.25, 0.3) is 0 Å². The summed E-state index contributed by atoms with van der Waals surface area (Å²) < 4.78 is 0. The van der Waals surface area contributed by atoms with Crippen LogP contribution in [0, 0.1) is 0 Å². The molecule has 0 aliphatic rings. The van der Waals surface area contributed by atoms with Crippen molar-refractivity contribution in [1.29, 1.82) is 0 Å². The van der Waals surface area contributed by atoms with Crippen molar-refractivity contribution in [1.82, 2.24) is 9.97 Å². The molecule has 6 heteroatoms. The topological polar surface area (TPSA) is 66.3 Å². The Labute approximate surface area is 102 Å². The molecule has 0 unspecified atom stereocenters. The van der Waals surface area contributed by atoms with Crippen molar-refractivity contribution in [3.8, 4) is 0 Å². The largest absolute Gasteiger partial charge is 0.476 e. The van der Waals surface area contributed by atoms with Gasteiger partial charge in [-0.25, -0.2) is 14.8 Å². The minimum atomic E-state index is -1.07. The third kappa shape index (κ3) is 2.79. The standard InChI is InChI=1S/C11H11N3O2S/c1-14(6-8-2-3-17-7-8)10-5-12-9(4-13-10)11(15)16/h2-5,7H,6H2,1H3,(H,15,16). The quantitative estimate of drug-likeness (QED) is 0.896. The monoisotopic (exact) mass is 249 g/mol. The molecule has 2 aromatic heterocycles. The third-order valence-electron chi connectivity index (χ3n) is 2.25. The third-order valence-corrected chi connectivity index (χ3v) is 2.98. The lowest BCUT2D eigenvalue weighted by Crippen LogP contribution is -2.18. The zero-order chi connectivity index (χ0) is 12.3. The first-order chi connectivity index (χ1) is 8.16. The summed E-state index contributed by atoms with van der Waals surface area (Å²) in [5, 5.41) is 12.8. The lowest BCUT2D eigenvalue weighted by molar-refractivity contribution is 0.0690. The van der Waals surface area contributed by atoms with E-state index in [4.69, 9.17) is 5.11 Å². The molecule has 0 amide bonds. The van der Waals surface area contributed by atoms with Gasteiger partial charge in [-0.2, -0.15) is 11.3 Å². The van der Waals surface area contributed by atoms with Crippen molar-refractivity contribution in [3.05, 3.63) is 40.5 Å². The fraction of sp³-hybridized carbons (Fsp3) is 0.182. The average molecular weight is 249 g/mol. The van der Waals surface area contributed by atoms with Gasteiger partial charge in [-0.3, -0.25) is 0 Å². The fourth-order valence-electron chi connectivity index (χ4n) is 1.37. The number of nitrogens with zero attached hydrogens (tertiary/aromatic N) is 3. The average Bonchev–Trinajstić information content (AvgIpc) is 2.82. The Morgan fingerprint density at radius 3 is 2.82 bits per heavy atom.